The van der Waals surface area contributed by atoms with E-state index in [1.807, 2.05) is 0 Å². The first-order valence-corrected chi connectivity index (χ1v) is 5.60. The second-order valence-corrected chi connectivity index (χ2v) is 4.51. The predicted octanol–water partition coefficient (Wildman–Crippen LogP) is 3.07. The normalized spacial score (nSPS) is 11.8. The fourth-order valence-electron chi connectivity index (χ4n) is 2.21. The number of fused-ring (bicyclic) bond motifs is 1. The molecule has 2 N–H and O–H groups in total. The van der Waals surface area contributed by atoms with E-state index in [2.05, 4.69) is 4.98 Å². The second kappa shape index (κ2) is 4.36. The lowest BCUT2D eigenvalue weighted by molar-refractivity contribution is -0.141. The molecule has 0 radical (unpaired) electrons. The average molecular weight is 285 g/mol. The summed E-state index contributed by atoms with van der Waals surface area (Å²) in [5, 5.41) is 8.69. The summed E-state index contributed by atoms with van der Waals surface area (Å²) in [6.07, 6.45) is -4.83. The van der Waals surface area contributed by atoms with Crippen LogP contribution in [-0.4, -0.2) is 21.8 Å². The largest absolute Gasteiger partial charge is 0.475 e. The summed E-state index contributed by atoms with van der Waals surface area (Å²) in [5.74, 6) is -3.50. The van der Waals surface area contributed by atoms with Gasteiger partial charge < -0.3 is 10.1 Å². The van der Waals surface area contributed by atoms with Crippen molar-refractivity contribution in [2.75, 3.05) is 0 Å². The monoisotopic (exact) mass is 285 g/mol. The SMILES string of the molecule is Cc1cc(C)c2[nH]c(C(F)(F)F)c(C(=O)C(=O)O)c2c1. The van der Waals surface area contributed by atoms with Gasteiger partial charge in [-0.1, -0.05) is 11.6 Å². The number of carbonyl (C=O) groups is 2. The number of hydrogen-bond acceptors (Lipinski definition) is 2. The molecule has 0 aliphatic carbocycles. The van der Waals surface area contributed by atoms with Gasteiger partial charge in [0.1, 0.15) is 5.69 Å². The Morgan fingerprint density at radius 1 is 1.20 bits per heavy atom. The van der Waals surface area contributed by atoms with Crippen LogP contribution in [0.3, 0.4) is 0 Å². The van der Waals surface area contributed by atoms with Crippen molar-refractivity contribution in [2.45, 2.75) is 20.0 Å². The van der Waals surface area contributed by atoms with E-state index in [4.69, 9.17) is 5.11 Å². The van der Waals surface area contributed by atoms with Gasteiger partial charge >= 0.3 is 12.1 Å². The topological polar surface area (TPSA) is 70.2 Å². The van der Waals surface area contributed by atoms with Crippen molar-refractivity contribution < 1.29 is 27.9 Å². The number of rotatable bonds is 2. The van der Waals surface area contributed by atoms with Crippen molar-refractivity contribution in [1.29, 1.82) is 0 Å². The van der Waals surface area contributed by atoms with Gasteiger partial charge in [0.2, 0.25) is 0 Å². The number of carbonyl (C=O) groups excluding carboxylic acids is 1. The highest BCUT2D eigenvalue weighted by Crippen LogP contribution is 2.37. The minimum Gasteiger partial charge on any atom is -0.475 e. The van der Waals surface area contributed by atoms with Crippen LogP contribution in [0, 0.1) is 13.8 Å². The molecule has 0 bridgehead atoms. The van der Waals surface area contributed by atoms with Gasteiger partial charge in [-0.2, -0.15) is 13.2 Å². The smallest absolute Gasteiger partial charge is 0.432 e. The lowest BCUT2D eigenvalue weighted by Gasteiger charge is -2.05. The molecule has 7 heteroatoms. The van der Waals surface area contributed by atoms with Crippen LogP contribution in [-0.2, 0) is 11.0 Å². The predicted molar refractivity (Wildman–Crippen MR) is 64.7 cm³/mol. The average Bonchev–Trinajstić information content (AvgIpc) is 2.66. The number of H-pyrrole nitrogens is 1. The summed E-state index contributed by atoms with van der Waals surface area (Å²) in [6.45, 7) is 3.24. The molecular weight excluding hydrogens is 275 g/mol. The quantitative estimate of drug-likeness (QED) is 0.658. The highest BCUT2D eigenvalue weighted by molar-refractivity contribution is 6.42. The number of Topliss-reactive ketones (excluding diaryl/α,β-unsaturated/α-hetero) is 1. The van der Waals surface area contributed by atoms with Crippen LogP contribution in [0.2, 0.25) is 0 Å². The number of hydrogen-bond donors (Lipinski definition) is 2. The Kier molecular flexibility index (Phi) is 3.08. The summed E-state index contributed by atoms with van der Waals surface area (Å²) >= 11 is 0. The van der Waals surface area contributed by atoms with E-state index < -0.39 is 29.2 Å². The van der Waals surface area contributed by atoms with Crippen molar-refractivity contribution in [3.05, 3.63) is 34.5 Å². The van der Waals surface area contributed by atoms with E-state index in [-0.39, 0.29) is 10.9 Å². The maximum absolute atomic E-state index is 13.0. The molecule has 106 valence electrons. The maximum Gasteiger partial charge on any atom is 0.432 e. The number of carboxylic acids is 1. The highest BCUT2D eigenvalue weighted by atomic mass is 19.4. The lowest BCUT2D eigenvalue weighted by atomic mass is 10.0. The Morgan fingerprint density at radius 3 is 2.30 bits per heavy atom. The van der Waals surface area contributed by atoms with Crippen LogP contribution in [0.5, 0.6) is 0 Å². The van der Waals surface area contributed by atoms with Gasteiger partial charge in [0.25, 0.3) is 5.78 Å². The molecule has 0 saturated carbocycles. The standard InChI is InChI=1S/C13H10F3NO3/c1-5-3-6(2)9-7(4-5)8(10(18)12(19)20)11(17-9)13(14,15)16/h3-4,17H,1-2H3,(H,19,20). The number of ketones is 1. The van der Waals surface area contributed by atoms with Crippen LogP contribution in [0.1, 0.15) is 27.2 Å². The van der Waals surface area contributed by atoms with E-state index >= 15 is 0 Å². The van der Waals surface area contributed by atoms with Gasteiger partial charge in [-0.3, -0.25) is 4.79 Å². The Labute approximate surface area is 111 Å². The third-order valence-corrected chi connectivity index (χ3v) is 2.95. The maximum atomic E-state index is 13.0. The Balaban J connectivity index is 2.93. The number of aromatic amines is 1. The molecule has 20 heavy (non-hydrogen) atoms. The molecule has 1 aromatic heterocycles. The highest BCUT2D eigenvalue weighted by Gasteiger charge is 2.40. The number of benzene rings is 1. The molecular formula is C13H10F3NO3. The molecule has 0 spiro atoms. The first kappa shape index (κ1) is 14.1. The van der Waals surface area contributed by atoms with Crippen LogP contribution >= 0.6 is 0 Å². The third-order valence-electron chi connectivity index (χ3n) is 2.95. The first-order chi connectivity index (χ1) is 9.12. The van der Waals surface area contributed by atoms with Gasteiger partial charge in [0.05, 0.1) is 5.56 Å². The van der Waals surface area contributed by atoms with E-state index in [0.29, 0.717) is 11.1 Å². The molecule has 2 aromatic rings. The summed E-state index contributed by atoms with van der Waals surface area (Å²) in [5.41, 5.74) is -0.898. The zero-order chi connectivity index (χ0) is 15.2. The minimum absolute atomic E-state index is 0.0257. The number of carboxylic acid groups (broad SMARTS) is 1. The van der Waals surface area contributed by atoms with Gasteiger partial charge in [0, 0.05) is 10.9 Å². The molecule has 0 amide bonds. The number of halogens is 3. The number of alkyl halides is 3. The van der Waals surface area contributed by atoms with Crippen LogP contribution in [0.25, 0.3) is 10.9 Å². The van der Waals surface area contributed by atoms with E-state index in [1.54, 1.807) is 19.9 Å². The lowest BCUT2D eigenvalue weighted by Crippen LogP contribution is -2.18. The van der Waals surface area contributed by atoms with E-state index in [0.717, 1.165) is 0 Å². The second-order valence-electron chi connectivity index (χ2n) is 4.51. The molecule has 4 nitrogen and oxygen atoms in total. The fraction of sp³-hybridized carbons (Fsp3) is 0.231. The van der Waals surface area contributed by atoms with Crippen molar-refractivity contribution in [3.63, 3.8) is 0 Å². The molecule has 2 rings (SSSR count). The van der Waals surface area contributed by atoms with Crippen LogP contribution in [0.4, 0.5) is 13.2 Å². The molecule has 1 aromatic carbocycles. The Bertz CT molecular complexity index is 729. The third kappa shape index (κ3) is 2.15. The van der Waals surface area contributed by atoms with E-state index in [1.165, 1.54) is 6.07 Å². The molecule has 0 saturated heterocycles. The number of aliphatic carboxylic acids is 1. The summed E-state index contributed by atoms with van der Waals surface area (Å²) in [6, 6.07) is 3.01. The molecule has 0 aliphatic heterocycles. The zero-order valence-corrected chi connectivity index (χ0v) is 10.6. The fourth-order valence-corrected chi connectivity index (χ4v) is 2.21. The molecule has 0 fully saturated rings. The first-order valence-electron chi connectivity index (χ1n) is 5.60. The molecule has 0 aliphatic rings. The minimum atomic E-state index is -4.83. The summed E-state index contributed by atoms with van der Waals surface area (Å²) in [7, 11) is 0. The molecule has 0 unspecified atom stereocenters. The molecule has 0 atom stereocenters. The van der Waals surface area contributed by atoms with Gasteiger partial charge in [-0.05, 0) is 25.5 Å². The van der Waals surface area contributed by atoms with Crippen LogP contribution in [0.15, 0.2) is 12.1 Å². The van der Waals surface area contributed by atoms with Crippen LogP contribution < -0.4 is 0 Å². The molecule has 1 heterocycles. The summed E-state index contributed by atoms with van der Waals surface area (Å²) < 4.78 is 38.9. The van der Waals surface area contributed by atoms with Gasteiger partial charge in [-0.15, -0.1) is 0 Å². The van der Waals surface area contributed by atoms with Crippen molar-refractivity contribution in [2.24, 2.45) is 0 Å². The van der Waals surface area contributed by atoms with Crippen molar-refractivity contribution in [1.82, 2.24) is 4.98 Å². The van der Waals surface area contributed by atoms with Crippen molar-refractivity contribution >= 4 is 22.7 Å². The number of aryl methyl sites for hydroxylation is 2. The van der Waals surface area contributed by atoms with Gasteiger partial charge in [0.15, 0.2) is 0 Å². The number of aromatic nitrogens is 1. The van der Waals surface area contributed by atoms with E-state index in [9.17, 15) is 22.8 Å². The van der Waals surface area contributed by atoms with Crippen molar-refractivity contribution in [3.8, 4) is 0 Å². The summed E-state index contributed by atoms with van der Waals surface area (Å²) in [4.78, 5) is 24.5. The Morgan fingerprint density at radius 2 is 1.80 bits per heavy atom. The number of nitrogens with one attached hydrogen (secondary N) is 1. The van der Waals surface area contributed by atoms with Gasteiger partial charge in [-0.25, -0.2) is 4.79 Å². The Hall–Kier alpha value is -2.31. The zero-order valence-electron chi connectivity index (χ0n) is 10.6.